The van der Waals surface area contributed by atoms with Gasteiger partial charge in [-0.25, -0.2) is 4.79 Å². The second-order valence-corrected chi connectivity index (χ2v) is 3.73. The topological polar surface area (TPSA) is 96.2 Å². The number of hydrogen-bond acceptors (Lipinski definition) is 5. The molecule has 1 atom stereocenters. The lowest BCUT2D eigenvalue weighted by molar-refractivity contribution is -0.140. The Morgan fingerprint density at radius 1 is 1.32 bits per heavy atom. The highest BCUT2D eigenvalue weighted by Gasteiger charge is 2.02. The number of carboxylic acids is 1. The minimum absolute atomic E-state index is 0.0246. The summed E-state index contributed by atoms with van der Waals surface area (Å²) in [5.41, 5.74) is 0. The average molecular weight is 278 g/mol. The van der Waals surface area contributed by atoms with E-state index in [1.54, 1.807) is 0 Å². The summed E-state index contributed by atoms with van der Waals surface area (Å²) in [6.07, 6.45) is 4.50. The molecule has 0 aliphatic rings. The maximum Gasteiger partial charge on any atom is 0.327 e. The van der Waals surface area contributed by atoms with Gasteiger partial charge in [0.15, 0.2) is 6.29 Å². The van der Waals surface area contributed by atoms with Gasteiger partial charge in [-0.1, -0.05) is 32.8 Å². The molecule has 0 saturated carbocycles. The van der Waals surface area contributed by atoms with Crippen LogP contribution >= 0.6 is 0 Å². The summed E-state index contributed by atoms with van der Waals surface area (Å²) < 4.78 is 9.98. The Balaban J connectivity index is 0. The highest BCUT2D eigenvalue weighted by Crippen LogP contribution is 2.00. The van der Waals surface area contributed by atoms with Crippen molar-refractivity contribution in [3.8, 4) is 0 Å². The third kappa shape index (κ3) is 22.7. The van der Waals surface area contributed by atoms with Crippen LogP contribution in [0.4, 0.5) is 0 Å². The number of aliphatic hydroxyl groups excluding tert-OH is 2. The van der Waals surface area contributed by atoms with Gasteiger partial charge in [0.05, 0.1) is 19.8 Å². The minimum Gasteiger partial charge on any atom is -0.478 e. The van der Waals surface area contributed by atoms with Gasteiger partial charge in [-0.2, -0.15) is 0 Å². The van der Waals surface area contributed by atoms with E-state index in [2.05, 4.69) is 13.5 Å². The van der Waals surface area contributed by atoms with Gasteiger partial charge in [-0.15, -0.1) is 0 Å². The molecule has 0 aromatic rings. The molecule has 0 aromatic heterocycles. The van der Waals surface area contributed by atoms with Crippen LogP contribution < -0.4 is 0 Å². The summed E-state index contributed by atoms with van der Waals surface area (Å²) in [6.45, 7) is 6.04. The van der Waals surface area contributed by atoms with Gasteiger partial charge in [-0.05, 0) is 6.42 Å². The molecule has 114 valence electrons. The Labute approximate surface area is 114 Å². The van der Waals surface area contributed by atoms with Crippen LogP contribution in [0.3, 0.4) is 0 Å². The van der Waals surface area contributed by atoms with E-state index in [-0.39, 0.29) is 19.8 Å². The van der Waals surface area contributed by atoms with E-state index < -0.39 is 12.3 Å². The van der Waals surface area contributed by atoms with Crippen molar-refractivity contribution in [2.45, 2.75) is 38.9 Å². The fourth-order valence-electron chi connectivity index (χ4n) is 1.05. The molecule has 6 nitrogen and oxygen atoms in total. The van der Waals surface area contributed by atoms with Crippen LogP contribution in [0.2, 0.25) is 0 Å². The summed E-state index contributed by atoms with van der Waals surface area (Å²) in [4.78, 5) is 9.25. The van der Waals surface area contributed by atoms with Gasteiger partial charge < -0.3 is 24.8 Å². The summed E-state index contributed by atoms with van der Waals surface area (Å²) in [5.74, 6) is -0.981. The van der Waals surface area contributed by atoms with Gasteiger partial charge in [0.2, 0.25) is 0 Å². The zero-order chi connectivity index (χ0) is 14.9. The van der Waals surface area contributed by atoms with Crippen molar-refractivity contribution in [2.24, 2.45) is 0 Å². The Kier molecular flexibility index (Phi) is 18.3. The van der Waals surface area contributed by atoms with Crippen molar-refractivity contribution in [1.82, 2.24) is 0 Å². The zero-order valence-electron chi connectivity index (χ0n) is 11.6. The fourth-order valence-corrected chi connectivity index (χ4v) is 1.05. The second kappa shape index (κ2) is 17.1. The van der Waals surface area contributed by atoms with Crippen molar-refractivity contribution < 1.29 is 29.6 Å². The number of carboxylic acid groups (broad SMARTS) is 1. The van der Waals surface area contributed by atoms with Crippen molar-refractivity contribution >= 4 is 5.97 Å². The van der Waals surface area contributed by atoms with Gasteiger partial charge in [0.25, 0.3) is 0 Å². The summed E-state index contributed by atoms with van der Waals surface area (Å²) in [5, 5.41) is 25.2. The van der Waals surface area contributed by atoms with E-state index in [9.17, 15) is 9.90 Å². The van der Waals surface area contributed by atoms with Crippen LogP contribution in [0.15, 0.2) is 12.7 Å². The first-order valence-electron chi connectivity index (χ1n) is 6.42. The van der Waals surface area contributed by atoms with Crippen molar-refractivity contribution in [3.05, 3.63) is 12.7 Å². The Morgan fingerprint density at radius 2 is 1.95 bits per heavy atom. The maximum absolute atomic E-state index is 9.25. The van der Waals surface area contributed by atoms with Gasteiger partial charge in [0, 0.05) is 12.7 Å². The van der Waals surface area contributed by atoms with E-state index in [0.29, 0.717) is 6.61 Å². The predicted molar refractivity (Wildman–Crippen MR) is 71.8 cm³/mol. The first kappa shape index (κ1) is 20.4. The smallest absolute Gasteiger partial charge is 0.327 e. The Bertz CT molecular complexity index is 207. The number of rotatable bonds is 11. The number of hydrogen-bond donors (Lipinski definition) is 3. The third-order valence-electron chi connectivity index (χ3n) is 1.98. The van der Waals surface area contributed by atoms with Crippen LogP contribution in [0.25, 0.3) is 0 Å². The van der Waals surface area contributed by atoms with Gasteiger partial charge in [0.1, 0.15) is 0 Å². The minimum atomic E-state index is -0.981. The summed E-state index contributed by atoms with van der Waals surface area (Å²) in [6, 6.07) is 0. The van der Waals surface area contributed by atoms with E-state index in [1.807, 2.05) is 0 Å². The lowest BCUT2D eigenvalue weighted by Crippen LogP contribution is -2.20. The van der Waals surface area contributed by atoms with E-state index >= 15 is 0 Å². The van der Waals surface area contributed by atoms with Crippen molar-refractivity contribution in [2.75, 3.05) is 26.4 Å². The van der Waals surface area contributed by atoms with E-state index in [1.165, 1.54) is 12.8 Å². The molecule has 0 bridgehead atoms. The molecule has 1 unspecified atom stereocenters. The molecule has 6 heteroatoms. The molecule has 0 saturated heterocycles. The monoisotopic (exact) mass is 278 g/mol. The number of unbranched alkanes of at least 4 members (excludes halogenated alkanes) is 3. The molecule has 3 N–H and O–H groups in total. The molecule has 0 amide bonds. The molecule has 0 aliphatic carbocycles. The van der Waals surface area contributed by atoms with Crippen LogP contribution in [0, 0.1) is 0 Å². The number of ether oxygens (including phenoxy) is 2. The van der Waals surface area contributed by atoms with Crippen molar-refractivity contribution in [1.29, 1.82) is 0 Å². The van der Waals surface area contributed by atoms with Gasteiger partial charge in [-0.3, -0.25) is 0 Å². The largest absolute Gasteiger partial charge is 0.478 e. The zero-order valence-corrected chi connectivity index (χ0v) is 11.6. The number of carbonyl (C=O) groups is 1. The van der Waals surface area contributed by atoms with Crippen LogP contribution in [0.5, 0.6) is 0 Å². The molecule has 0 radical (unpaired) electrons. The Hall–Kier alpha value is -0.950. The van der Waals surface area contributed by atoms with Crippen LogP contribution in [0.1, 0.15) is 32.6 Å². The van der Waals surface area contributed by atoms with Crippen LogP contribution in [-0.4, -0.2) is 54.0 Å². The highest BCUT2D eigenvalue weighted by molar-refractivity contribution is 5.78. The first-order valence-corrected chi connectivity index (χ1v) is 6.42. The molecule has 0 fully saturated rings. The molecule has 0 aliphatic heterocycles. The lowest BCUT2D eigenvalue weighted by Gasteiger charge is -2.11. The molecular formula is C13H26O6. The fraction of sp³-hybridized carbons (Fsp3) is 0.769. The third-order valence-corrected chi connectivity index (χ3v) is 1.98. The number of aliphatic hydroxyl groups is 2. The number of aliphatic carboxylic acids is 1. The molecule has 0 spiro atoms. The molecular weight excluding hydrogens is 252 g/mol. The maximum atomic E-state index is 9.25. The van der Waals surface area contributed by atoms with Crippen LogP contribution in [-0.2, 0) is 14.3 Å². The Morgan fingerprint density at radius 3 is 2.42 bits per heavy atom. The summed E-state index contributed by atoms with van der Waals surface area (Å²) in [7, 11) is 0. The van der Waals surface area contributed by atoms with E-state index in [4.69, 9.17) is 19.7 Å². The lowest BCUT2D eigenvalue weighted by atomic mass is 10.2. The van der Waals surface area contributed by atoms with Crippen molar-refractivity contribution in [3.63, 3.8) is 0 Å². The van der Waals surface area contributed by atoms with E-state index in [0.717, 1.165) is 18.9 Å². The molecule has 19 heavy (non-hydrogen) atoms. The SMILES string of the molecule is C=CC(=O)O.CCCCCCOC(O)COCCO. The second-order valence-electron chi connectivity index (χ2n) is 3.73. The standard InChI is InChI=1S/C10H22O4.C3H4O2/c1-2-3-4-5-7-14-10(12)9-13-8-6-11;1-2-3(4)5/h10-12H,2-9H2,1H3;2H,1H2,(H,4,5). The van der Waals surface area contributed by atoms with Gasteiger partial charge >= 0.3 is 5.97 Å². The first-order chi connectivity index (χ1) is 9.08. The quantitative estimate of drug-likeness (QED) is 0.298. The predicted octanol–water partition coefficient (Wildman–Crippen LogP) is 1.17. The molecule has 0 heterocycles. The molecule has 0 rings (SSSR count). The summed E-state index contributed by atoms with van der Waals surface area (Å²) >= 11 is 0. The average Bonchev–Trinajstić information content (AvgIpc) is 2.39. The molecule has 0 aromatic carbocycles. The normalized spacial score (nSPS) is 11.3. The highest BCUT2D eigenvalue weighted by atomic mass is 16.6.